The Morgan fingerprint density at radius 3 is 2.22 bits per heavy atom. The lowest BCUT2D eigenvalue weighted by Crippen LogP contribution is -2.66. The van der Waals surface area contributed by atoms with E-state index in [2.05, 4.69) is 76.2 Å². The molecular weight excluding hydrogens is 645 g/mol. The van der Waals surface area contributed by atoms with Crippen molar-refractivity contribution in [2.75, 3.05) is 13.7 Å². The first-order valence-corrected chi connectivity index (χ1v) is 19.9. The second kappa shape index (κ2) is 15.0. The first-order chi connectivity index (χ1) is 24.0. The number of hydrogen-bond acceptors (Lipinski definition) is 7. The number of imide groups is 1. The van der Waals surface area contributed by atoms with E-state index >= 15 is 0 Å². The summed E-state index contributed by atoms with van der Waals surface area (Å²) in [6.45, 7) is 9.03. The van der Waals surface area contributed by atoms with E-state index in [9.17, 15) is 19.7 Å². The van der Waals surface area contributed by atoms with Crippen LogP contribution in [0.4, 0.5) is 0 Å². The molecule has 10 heteroatoms. The van der Waals surface area contributed by atoms with Gasteiger partial charge in [-0.3, -0.25) is 14.5 Å². The van der Waals surface area contributed by atoms with Gasteiger partial charge in [-0.15, -0.1) is 0 Å². The summed E-state index contributed by atoms with van der Waals surface area (Å²) in [6, 6.07) is 24.6. The summed E-state index contributed by atoms with van der Waals surface area (Å²) in [6.07, 6.45) is 5.38. The van der Waals surface area contributed by atoms with E-state index in [1.165, 1.54) is 20.8 Å². The van der Waals surface area contributed by atoms with Crippen LogP contribution in [0.2, 0.25) is 11.4 Å². The molecule has 0 unspecified atom stereocenters. The topological polar surface area (TPSA) is 109 Å². The minimum Gasteiger partial charge on any atom is -0.459 e. The Morgan fingerprint density at radius 2 is 1.64 bits per heavy atom. The standard InChI is InChI=1S/C40H50BNO7Si/c1-6-13-27(22-29-19-20-30(25-43)48-29)18-21-35-36-28(23-33-37(34(36)24-41(46)49-35)39(45)42(5)38(33)44)26-47-50(40(2,3)4,31-14-9-7-10-15-31)32-16-11-8-12-17-32/h7-12,14-17,19-20,22,33-35,37,43,46H,6,13,18,21,23-26H2,1-5H3/b27-22+/t33-,34+,35-,37-/m1/s1. The Labute approximate surface area is 297 Å². The average Bonchev–Trinajstić information content (AvgIpc) is 3.65. The molecule has 3 aromatic rings. The van der Waals surface area contributed by atoms with E-state index in [-0.39, 0.29) is 35.7 Å². The molecule has 2 saturated heterocycles. The zero-order valence-electron chi connectivity index (χ0n) is 29.9. The number of rotatable bonds is 12. The molecule has 50 heavy (non-hydrogen) atoms. The molecule has 0 spiro atoms. The number of fused-ring (bicyclic) bond motifs is 3. The highest BCUT2D eigenvalue weighted by Crippen LogP contribution is 2.51. The highest BCUT2D eigenvalue weighted by Gasteiger charge is 2.57. The van der Waals surface area contributed by atoms with Crippen molar-refractivity contribution < 1.29 is 33.2 Å². The molecule has 0 radical (unpaired) electrons. The van der Waals surface area contributed by atoms with Gasteiger partial charge in [0, 0.05) is 7.05 Å². The zero-order valence-corrected chi connectivity index (χ0v) is 30.9. The van der Waals surface area contributed by atoms with Crippen LogP contribution < -0.4 is 10.4 Å². The Kier molecular flexibility index (Phi) is 10.9. The van der Waals surface area contributed by atoms with Crippen LogP contribution in [0.3, 0.4) is 0 Å². The fourth-order valence-corrected chi connectivity index (χ4v) is 13.2. The third-order valence-corrected chi connectivity index (χ3v) is 15.9. The van der Waals surface area contributed by atoms with E-state index in [1.54, 1.807) is 13.1 Å². The van der Waals surface area contributed by atoms with Crippen molar-refractivity contribution in [3.8, 4) is 0 Å². The summed E-state index contributed by atoms with van der Waals surface area (Å²) < 4.78 is 19.6. The molecule has 2 amide bonds. The number of aliphatic hydroxyl groups excluding tert-OH is 1. The Bertz CT molecular complexity index is 1690. The minimum absolute atomic E-state index is 0.155. The molecule has 2 aliphatic heterocycles. The Morgan fingerprint density at radius 1 is 0.980 bits per heavy atom. The maximum Gasteiger partial charge on any atom is 0.455 e. The number of likely N-dealkylation sites (tertiary alicyclic amines) is 1. The van der Waals surface area contributed by atoms with E-state index in [0.717, 1.165) is 24.0 Å². The van der Waals surface area contributed by atoms with E-state index in [1.807, 2.05) is 24.3 Å². The van der Waals surface area contributed by atoms with Crippen LogP contribution in [-0.4, -0.2) is 62.0 Å². The number of carbonyl (C=O) groups excluding carboxylic acids is 2. The summed E-state index contributed by atoms with van der Waals surface area (Å²) >= 11 is 0. The normalized spacial score (nSPS) is 23.1. The molecule has 2 fully saturated rings. The highest BCUT2D eigenvalue weighted by atomic mass is 28.4. The summed E-state index contributed by atoms with van der Waals surface area (Å²) in [7, 11) is -2.39. The molecule has 1 aliphatic carbocycles. The molecule has 0 saturated carbocycles. The summed E-state index contributed by atoms with van der Waals surface area (Å²) in [5, 5.41) is 22.7. The van der Waals surface area contributed by atoms with Crippen molar-refractivity contribution in [2.24, 2.45) is 17.8 Å². The highest BCUT2D eigenvalue weighted by molar-refractivity contribution is 6.99. The van der Waals surface area contributed by atoms with Gasteiger partial charge in [0.25, 0.3) is 8.32 Å². The third-order valence-electron chi connectivity index (χ3n) is 10.9. The maximum absolute atomic E-state index is 13.6. The van der Waals surface area contributed by atoms with Gasteiger partial charge in [-0.25, -0.2) is 0 Å². The van der Waals surface area contributed by atoms with Gasteiger partial charge in [-0.2, -0.15) is 0 Å². The van der Waals surface area contributed by atoms with Gasteiger partial charge in [0.05, 0.1) is 24.5 Å². The summed E-state index contributed by atoms with van der Waals surface area (Å²) in [4.78, 5) is 28.4. The molecular formula is C40H50BNO7Si. The molecule has 1 aromatic heterocycles. The Hall–Kier alpha value is -3.54. The number of amides is 2. The van der Waals surface area contributed by atoms with Crippen LogP contribution in [0.15, 0.2) is 93.9 Å². The van der Waals surface area contributed by atoms with Crippen LogP contribution in [-0.2, 0) is 25.3 Å². The van der Waals surface area contributed by atoms with Gasteiger partial charge in [0.2, 0.25) is 11.8 Å². The minimum atomic E-state index is -2.92. The SMILES string of the molecule is CCC/C(=C\c1ccc(CO)o1)CC[C@H]1OB(O)C[C@H]2C1=C(CO[Si](c1ccccc1)(c1ccccc1)C(C)(C)C)C[C@H]1C(=O)N(C)C(=O)[C@H]12. The number of allylic oxidation sites excluding steroid dienone is 1. The van der Waals surface area contributed by atoms with Gasteiger partial charge in [-0.1, -0.05) is 100 Å². The first kappa shape index (κ1) is 36.3. The molecule has 3 heterocycles. The van der Waals surface area contributed by atoms with Crippen LogP contribution in [0.5, 0.6) is 0 Å². The quantitative estimate of drug-likeness (QED) is 0.141. The number of benzene rings is 2. The van der Waals surface area contributed by atoms with Crippen LogP contribution in [0.25, 0.3) is 6.08 Å². The lowest BCUT2D eigenvalue weighted by Gasteiger charge is -2.46. The van der Waals surface area contributed by atoms with Gasteiger partial charge in [0.1, 0.15) is 18.1 Å². The zero-order chi connectivity index (χ0) is 35.6. The summed E-state index contributed by atoms with van der Waals surface area (Å²) in [5.41, 5.74) is 3.21. The average molecular weight is 696 g/mol. The molecule has 4 atom stereocenters. The summed E-state index contributed by atoms with van der Waals surface area (Å²) in [5.74, 6) is -0.456. The predicted octanol–water partition coefficient (Wildman–Crippen LogP) is 5.74. The van der Waals surface area contributed by atoms with E-state index < -0.39 is 33.4 Å². The van der Waals surface area contributed by atoms with Crippen LogP contribution in [0, 0.1) is 17.8 Å². The molecule has 8 nitrogen and oxygen atoms in total. The molecule has 6 rings (SSSR count). The van der Waals surface area contributed by atoms with Crippen molar-refractivity contribution in [3.05, 3.63) is 101 Å². The van der Waals surface area contributed by atoms with Gasteiger partial charge in [0.15, 0.2) is 0 Å². The monoisotopic (exact) mass is 695 g/mol. The fraction of sp³-hybridized carbons (Fsp3) is 0.450. The van der Waals surface area contributed by atoms with Crippen molar-refractivity contribution in [3.63, 3.8) is 0 Å². The second-order valence-corrected chi connectivity index (χ2v) is 19.4. The maximum atomic E-state index is 13.6. The molecule has 0 bridgehead atoms. The molecule has 3 aliphatic rings. The lowest BCUT2D eigenvalue weighted by atomic mass is 9.58. The second-order valence-electron chi connectivity index (χ2n) is 15.1. The van der Waals surface area contributed by atoms with E-state index in [0.29, 0.717) is 37.4 Å². The van der Waals surface area contributed by atoms with Gasteiger partial charge in [-0.05, 0) is 82.7 Å². The van der Waals surface area contributed by atoms with Crippen molar-refractivity contribution in [2.45, 2.75) is 83.9 Å². The number of furan rings is 1. The lowest BCUT2D eigenvalue weighted by molar-refractivity contribution is -0.138. The molecule has 264 valence electrons. The number of nitrogens with zero attached hydrogens (tertiary/aromatic N) is 1. The van der Waals surface area contributed by atoms with Crippen molar-refractivity contribution in [1.82, 2.24) is 4.90 Å². The number of carbonyl (C=O) groups is 2. The largest absolute Gasteiger partial charge is 0.459 e. The Balaban J connectivity index is 1.41. The first-order valence-electron chi connectivity index (χ1n) is 18.0. The van der Waals surface area contributed by atoms with Gasteiger partial charge >= 0.3 is 7.12 Å². The van der Waals surface area contributed by atoms with Crippen molar-refractivity contribution >= 4 is 43.7 Å². The molecule has 2 aromatic carbocycles. The third kappa shape index (κ3) is 6.88. The van der Waals surface area contributed by atoms with Crippen molar-refractivity contribution in [1.29, 1.82) is 0 Å². The predicted molar refractivity (Wildman–Crippen MR) is 198 cm³/mol. The van der Waals surface area contributed by atoms with Crippen LogP contribution >= 0.6 is 0 Å². The fourth-order valence-electron chi connectivity index (χ4n) is 8.68. The van der Waals surface area contributed by atoms with E-state index in [4.69, 9.17) is 13.5 Å². The van der Waals surface area contributed by atoms with Crippen LogP contribution in [0.1, 0.15) is 71.3 Å². The number of aliphatic hydroxyl groups is 1. The van der Waals surface area contributed by atoms with Gasteiger partial charge < -0.3 is 23.6 Å². The smallest absolute Gasteiger partial charge is 0.455 e. The molecule has 2 N–H and O–H groups in total. The number of hydrogen-bond donors (Lipinski definition) is 2.